The fourth-order valence-electron chi connectivity index (χ4n) is 4.02. The predicted octanol–water partition coefficient (Wildman–Crippen LogP) is 15.5. The van der Waals surface area contributed by atoms with E-state index in [2.05, 4.69) is 178 Å². The maximum atomic E-state index is 9.87. The molecule has 50 heavy (non-hydrogen) atoms. The molecule has 1 aliphatic carbocycles. The van der Waals surface area contributed by atoms with Crippen molar-refractivity contribution >= 4 is 30.5 Å². The van der Waals surface area contributed by atoms with Crippen molar-refractivity contribution in [2.75, 3.05) is 0 Å². The second kappa shape index (κ2) is 21.2. The van der Waals surface area contributed by atoms with Gasteiger partial charge < -0.3 is 14.9 Å². The molecule has 0 saturated carbocycles. The fraction of sp³-hybridized carbons (Fsp3) is 0.100. The van der Waals surface area contributed by atoms with Crippen LogP contribution in [0.2, 0.25) is 0 Å². The Balaban J connectivity index is 0.000000822. The molecule has 10 heteroatoms. The van der Waals surface area contributed by atoms with Crippen molar-refractivity contribution < 1.29 is 42.3 Å². The van der Waals surface area contributed by atoms with Gasteiger partial charge in [0.2, 0.25) is 0 Å². The zero-order chi connectivity index (χ0) is 34.2. The smallest absolute Gasteiger partial charge is 0.358 e. The van der Waals surface area contributed by atoms with Gasteiger partial charge in [0.1, 0.15) is 0 Å². The third-order valence-electron chi connectivity index (χ3n) is 6.12. The second-order valence-electron chi connectivity index (χ2n) is 10.4. The molecule has 0 nitrogen and oxygen atoms in total. The van der Waals surface area contributed by atoms with Crippen LogP contribution in [0.25, 0.3) is 0 Å². The molecule has 0 unspecified atom stereocenters. The molecule has 0 bridgehead atoms. The minimum Gasteiger partial charge on any atom is -0.358 e. The van der Waals surface area contributed by atoms with Crippen molar-refractivity contribution in [2.24, 2.45) is 0 Å². The van der Waals surface area contributed by atoms with Crippen molar-refractivity contribution in [1.82, 2.24) is 0 Å². The Labute approximate surface area is 312 Å². The monoisotopic (exact) mass is 788 g/mol. The van der Waals surface area contributed by atoms with Crippen molar-refractivity contribution in [3.8, 4) is 0 Å². The van der Waals surface area contributed by atoms with Gasteiger partial charge in [0, 0.05) is 9.79 Å². The number of benzene rings is 5. The van der Waals surface area contributed by atoms with Gasteiger partial charge in [0.05, 0.1) is 10.9 Å². The molecule has 0 aliphatic heterocycles. The van der Waals surface area contributed by atoms with Crippen LogP contribution in [0.15, 0.2) is 194 Å². The first kappa shape index (κ1) is 46.8. The summed E-state index contributed by atoms with van der Waals surface area (Å²) in [7, 11) is -10.7. The number of halogens is 6. The molecule has 0 amide bonds. The summed E-state index contributed by atoms with van der Waals surface area (Å²) in [6.45, 7) is 4.41. The Kier molecular flexibility index (Phi) is 19.9. The minimum atomic E-state index is -10.7. The molecule has 5 aromatic rings. The molecule has 1 radical (unpaired) electrons. The molecule has 269 valence electrons. The average molecular weight is 789 g/mol. The van der Waals surface area contributed by atoms with Gasteiger partial charge in [-0.15, -0.1) is 0 Å². The predicted molar refractivity (Wildman–Crippen MR) is 202 cm³/mol. The van der Waals surface area contributed by atoms with E-state index in [0.29, 0.717) is 5.92 Å². The van der Waals surface area contributed by atoms with Crippen LogP contribution in [0.1, 0.15) is 31.7 Å². The van der Waals surface area contributed by atoms with Gasteiger partial charge in [-0.05, 0) is 78.6 Å². The number of rotatable bonds is 6. The molecule has 6 rings (SSSR count). The topological polar surface area (TPSA) is 0 Å². The van der Waals surface area contributed by atoms with E-state index < -0.39 is 7.81 Å². The van der Waals surface area contributed by atoms with Crippen molar-refractivity contribution in [3.63, 3.8) is 0 Å². The zero-order valence-corrected chi connectivity index (χ0v) is 32.0. The number of allylic oxidation sites excluding steroid dienone is 4. The maximum absolute atomic E-state index is 10.7. The third kappa shape index (κ3) is 21.1. The van der Waals surface area contributed by atoms with Crippen LogP contribution in [-0.4, -0.2) is 0 Å². The van der Waals surface area contributed by atoms with Crippen LogP contribution in [0, 0.1) is 14.9 Å². The van der Waals surface area contributed by atoms with E-state index in [1.165, 1.54) is 30.0 Å². The first-order chi connectivity index (χ1) is 22.2. The van der Waals surface area contributed by atoms with Crippen LogP contribution in [-0.2, 0) is 28.0 Å². The first-order valence-electron chi connectivity index (χ1n) is 14.8. The Morgan fingerprint density at radius 3 is 1.14 bits per heavy atom. The van der Waals surface area contributed by atoms with E-state index in [0.717, 1.165) is 6.42 Å². The van der Waals surface area contributed by atoms with Crippen LogP contribution in [0.5, 0.6) is 0 Å². The molecular weight excluding hydrogens is 745 g/mol. The fourth-order valence-corrected chi connectivity index (χ4v) is 6.94. The van der Waals surface area contributed by atoms with Gasteiger partial charge in [0.25, 0.3) is 0 Å². The summed E-state index contributed by atoms with van der Waals surface area (Å²) < 4.78 is 59.2. The Hall–Kier alpha value is -3.19. The van der Waals surface area contributed by atoms with Gasteiger partial charge in [-0.1, -0.05) is 135 Å². The quantitative estimate of drug-likeness (QED) is 0.0543. The minimum absolute atomic E-state index is 0. The summed E-state index contributed by atoms with van der Waals surface area (Å²) >= 11 is 1.80. The van der Waals surface area contributed by atoms with E-state index in [1.807, 2.05) is 6.07 Å². The molecule has 0 N–H and O–H groups in total. The standard InChI is InChI=1S/C24H19S2.C9H12.C5H6.2CH3.F6P.Fe/c1-4-10-20(11-5-1)25-21-16-18-24(19-17-21)26(22-12-6-2-7-13-22)23-14-8-3-9-15-23;1-8(2)9-6-4-3-5-7-9;1-2-4-5-3-1;;;1-7(2,3,4,5)6;/h1-19H;3-8H,1-2H3;1-4H,5H2;2*1H3;;/q+1;;;3*-1;+3. The van der Waals surface area contributed by atoms with E-state index in [9.17, 15) is 25.2 Å². The summed E-state index contributed by atoms with van der Waals surface area (Å²) in [4.78, 5) is 6.58. The largest absolute Gasteiger partial charge is 3.00 e. The van der Waals surface area contributed by atoms with Gasteiger partial charge in [-0.3, -0.25) is 0 Å². The van der Waals surface area contributed by atoms with Gasteiger partial charge in [-0.25, -0.2) is 0 Å². The zero-order valence-electron chi connectivity index (χ0n) is 28.3. The summed E-state index contributed by atoms with van der Waals surface area (Å²) in [5.74, 6) is 0.659. The molecule has 5 aromatic carbocycles. The van der Waals surface area contributed by atoms with Gasteiger partial charge in [0.15, 0.2) is 14.7 Å². The number of hydrogen-bond donors (Lipinski definition) is 0. The molecule has 0 saturated heterocycles. The third-order valence-corrected chi connectivity index (χ3v) is 9.36. The molecule has 1 aliphatic rings. The van der Waals surface area contributed by atoms with E-state index in [-0.39, 0.29) is 42.8 Å². The second-order valence-corrected chi connectivity index (χ2v) is 15.5. The summed E-state index contributed by atoms with van der Waals surface area (Å²) in [6, 6.07) is 51.6. The Morgan fingerprint density at radius 2 is 0.820 bits per heavy atom. The van der Waals surface area contributed by atoms with E-state index in [1.54, 1.807) is 11.8 Å². The molecule has 0 spiro atoms. The van der Waals surface area contributed by atoms with E-state index >= 15 is 0 Å². The maximum Gasteiger partial charge on any atom is 3.00 e. The average Bonchev–Trinajstić information content (AvgIpc) is 3.64. The summed E-state index contributed by atoms with van der Waals surface area (Å²) in [5, 5.41) is 0. The van der Waals surface area contributed by atoms with Gasteiger partial charge >= 0.3 is 50.1 Å². The van der Waals surface area contributed by atoms with Crippen LogP contribution >= 0.6 is 19.6 Å². The van der Waals surface area contributed by atoms with Crippen molar-refractivity contribution in [2.45, 2.75) is 50.7 Å². The van der Waals surface area contributed by atoms with Crippen molar-refractivity contribution in [1.29, 1.82) is 0 Å². The Bertz CT molecular complexity index is 1610. The van der Waals surface area contributed by atoms with E-state index in [4.69, 9.17) is 0 Å². The SMILES string of the molecule is C1=CCC=C1.CC(C)c1ccccc1.F[P-](F)(F)(F)(F)F.[CH3-].[CH3-].[Fe+3].c1ccc(Sc2ccc([S+](c3ccccc3)c3ccccc3)cc2)cc1. The van der Waals surface area contributed by atoms with Crippen LogP contribution in [0.4, 0.5) is 25.2 Å². The Morgan fingerprint density at radius 1 is 0.500 bits per heavy atom. The molecular formula is C40H43F6FePS2+. The summed E-state index contributed by atoms with van der Waals surface area (Å²) in [5.41, 5.74) is 1.41. The van der Waals surface area contributed by atoms with Crippen LogP contribution < -0.4 is 0 Å². The molecule has 0 aromatic heterocycles. The van der Waals surface area contributed by atoms with Crippen LogP contribution in [0.3, 0.4) is 0 Å². The summed E-state index contributed by atoms with van der Waals surface area (Å²) in [6.07, 6.45) is 9.50. The molecule has 0 atom stereocenters. The van der Waals surface area contributed by atoms with Crippen molar-refractivity contribution in [3.05, 3.63) is 190 Å². The normalized spacial score (nSPS) is 12.4. The van der Waals surface area contributed by atoms with Gasteiger partial charge in [-0.2, -0.15) is 0 Å². The molecule has 0 heterocycles. The number of hydrogen-bond acceptors (Lipinski definition) is 1. The first-order valence-corrected chi connectivity index (χ1v) is 18.8. The molecule has 0 fully saturated rings.